The standard InChI is InChI=1S/C22H24N4O2/c1-14(2)21(25-19(27)11-16-8-6-15(3)7-9-16)18-12-20(28)26-22(24-18)17-5-4-10-23-13-17/h4-10,12-14,21H,11H2,1-3H3,(H,25,27)(H,24,26,28)/t21-/m0/s1. The number of benzene rings is 1. The molecule has 0 aliphatic heterocycles. The third-order valence-electron chi connectivity index (χ3n) is 4.48. The first-order valence-corrected chi connectivity index (χ1v) is 9.29. The molecule has 3 aromatic rings. The number of H-pyrrole nitrogens is 1. The molecule has 1 amide bonds. The molecule has 2 aromatic heterocycles. The van der Waals surface area contributed by atoms with Crippen LogP contribution in [0, 0.1) is 12.8 Å². The normalized spacial score (nSPS) is 12.0. The zero-order valence-corrected chi connectivity index (χ0v) is 16.3. The average molecular weight is 376 g/mol. The summed E-state index contributed by atoms with van der Waals surface area (Å²) >= 11 is 0. The summed E-state index contributed by atoms with van der Waals surface area (Å²) < 4.78 is 0. The van der Waals surface area contributed by atoms with E-state index in [0.29, 0.717) is 11.5 Å². The zero-order valence-electron chi connectivity index (χ0n) is 16.3. The van der Waals surface area contributed by atoms with Gasteiger partial charge in [0, 0.05) is 24.0 Å². The van der Waals surface area contributed by atoms with E-state index in [1.54, 1.807) is 18.5 Å². The van der Waals surface area contributed by atoms with Gasteiger partial charge in [0.25, 0.3) is 5.56 Å². The van der Waals surface area contributed by atoms with Gasteiger partial charge in [-0.1, -0.05) is 43.7 Å². The summed E-state index contributed by atoms with van der Waals surface area (Å²) in [5.41, 5.74) is 3.09. The van der Waals surface area contributed by atoms with E-state index in [2.05, 4.69) is 20.3 Å². The van der Waals surface area contributed by atoms with Crippen molar-refractivity contribution in [2.75, 3.05) is 0 Å². The molecular weight excluding hydrogens is 352 g/mol. The fraction of sp³-hybridized carbons (Fsp3) is 0.273. The third kappa shape index (κ3) is 4.91. The van der Waals surface area contributed by atoms with Crippen LogP contribution in [0.1, 0.15) is 36.7 Å². The van der Waals surface area contributed by atoms with Gasteiger partial charge in [-0.05, 0) is 30.5 Å². The van der Waals surface area contributed by atoms with Crippen LogP contribution in [0.3, 0.4) is 0 Å². The van der Waals surface area contributed by atoms with Crippen molar-refractivity contribution in [3.63, 3.8) is 0 Å². The molecule has 1 aromatic carbocycles. The molecule has 0 spiro atoms. The molecule has 0 saturated heterocycles. The second-order valence-corrected chi connectivity index (χ2v) is 7.21. The van der Waals surface area contributed by atoms with Gasteiger partial charge in [-0.15, -0.1) is 0 Å². The largest absolute Gasteiger partial charge is 0.347 e. The lowest BCUT2D eigenvalue weighted by Crippen LogP contribution is -2.34. The molecule has 0 radical (unpaired) electrons. The molecule has 3 rings (SSSR count). The number of nitrogens with one attached hydrogen (secondary N) is 2. The van der Waals surface area contributed by atoms with Crippen molar-refractivity contribution in [3.05, 3.63) is 82.0 Å². The molecule has 2 heterocycles. The van der Waals surface area contributed by atoms with Crippen LogP contribution in [0.4, 0.5) is 0 Å². The summed E-state index contributed by atoms with van der Waals surface area (Å²) in [5.74, 6) is 0.402. The number of aromatic amines is 1. The van der Waals surface area contributed by atoms with E-state index in [9.17, 15) is 9.59 Å². The van der Waals surface area contributed by atoms with Gasteiger partial charge >= 0.3 is 0 Å². The Balaban J connectivity index is 1.84. The fourth-order valence-corrected chi connectivity index (χ4v) is 2.97. The van der Waals surface area contributed by atoms with E-state index in [-0.39, 0.29) is 29.8 Å². The Labute approximate surface area is 164 Å². The van der Waals surface area contributed by atoms with E-state index in [1.165, 1.54) is 6.07 Å². The van der Waals surface area contributed by atoms with Gasteiger partial charge in [0.1, 0.15) is 5.82 Å². The number of carbonyl (C=O) groups excluding carboxylic acids is 1. The molecular formula is C22H24N4O2. The first-order valence-electron chi connectivity index (χ1n) is 9.29. The Morgan fingerprint density at radius 3 is 2.57 bits per heavy atom. The molecule has 144 valence electrons. The van der Waals surface area contributed by atoms with Crippen LogP contribution in [-0.2, 0) is 11.2 Å². The Morgan fingerprint density at radius 1 is 1.18 bits per heavy atom. The Morgan fingerprint density at radius 2 is 1.93 bits per heavy atom. The number of rotatable bonds is 6. The van der Waals surface area contributed by atoms with Gasteiger partial charge in [0.2, 0.25) is 5.91 Å². The second kappa shape index (κ2) is 8.61. The number of aromatic nitrogens is 3. The SMILES string of the molecule is Cc1ccc(CC(=O)N[C@H](c2cc(=O)[nH]c(-c3cccnc3)n2)C(C)C)cc1. The average Bonchev–Trinajstić information content (AvgIpc) is 2.68. The highest BCUT2D eigenvalue weighted by molar-refractivity contribution is 5.79. The number of pyridine rings is 1. The summed E-state index contributed by atoms with van der Waals surface area (Å²) in [6.07, 6.45) is 3.58. The molecule has 1 atom stereocenters. The lowest BCUT2D eigenvalue weighted by molar-refractivity contribution is -0.121. The smallest absolute Gasteiger partial charge is 0.251 e. The van der Waals surface area contributed by atoms with Crippen molar-refractivity contribution in [2.45, 2.75) is 33.2 Å². The van der Waals surface area contributed by atoms with E-state index >= 15 is 0 Å². The minimum Gasteiger partial charge on any atom is -0.347 e. The molecule has 0 aliphatic rings. The van der Waals surface area contributed by atoms with Gasteiger partial charge in [0.05, 0.1) is 18.2 Å². The molecule has 6 heteroatoms. The van der Waals surface area contributed by atoms with E-state index in [4.69, 9.17) is 0 Å². The Bertz CT molecular complexity index is 995. The van der Waals surface area contributed by atoms with Crippen molar-refractivity contribution in [1.82, 2.24) is 20.3 Å². The summed E-state index contributed by atoms with van der Waals surface area (Å²) in [6, 6.07) is 12.6. The van der Waals surface area contributed by atoms with Crippen molar-refractivity contribution < 1.29 is 4.79 Å². The number of nitrogens with zero attached hydrogens (tertiary/aromatic N) is 2. The number of carbonyl (C=O) groups is 1. The lowest BCUT2D eigenvalue weighted by Gasteiger charge is -2.22. The topological polar surface area (TPSA) is 87.7 Å². The van der Waals surface area contributed by atoms with Crippen molar-refractivity contribution in [1.29, 1.82) is 0 Å². The van der Waals surface area contributed by atoms with Gasteiger partial charge in [0.15, 0.2) is 0 Å². The summed E-state index contributed by atoms with van der Waals surface area (Å²) in [4.78, 5) is 36.2. The first-order chi connectivity index (χ1) is 13.4. The zero-order chi connectivity index (χ0) is 20.1. The predicted octanol–water partition coefficient (Wildman–Crippen LogP) is 3.20. The van der Waals surface area contributed by atoms with Crippen LogP contribution in [0.15, 0.2) is 59.7 Å². The maximum absolute atomic E-state index is 12.6. The predicted molar refractivity (Wildman–Crippen MR) is 109 cm³/mol. The maximum atomic E-state index is 12.6. The third-order valence-corrected chi connectivity index (χ3v) is 4.48. The second-order valence-electron chi connectivity index (χ2n) is 7.21. The van der Waals surface area contributed by atoms with Crippen molar-refractivity contribution >= 4 is 5.91 Å². The molecule has 0 unspecified atom stereocenters. The number of hydrogen-bond donors (Lipinski definition) is 2. The van der Waals surface area contributed by atoms with Crippen molar-refractivity contribution in [2.24, 2.45) is 5.92 Å². The molecule has 0 fully saturated rings. The highest BCUT2D eigenvalue weighted by Gasteiger charge is 2.21. The number of aryl methyl sites for hydroxylation is 1. The molecule has 0 saturated carbocycles. The highest BCUT2D eigenvalue weighted by atomic mass is 16.1. The summed E-state index contributed by atoms with van der Waals surface area (Å²) in [5, 5.41) is 3.03. The van der Waals surface area contributed by atoms with Crippen LogP contribution < -0.4 is 10.9 Å². The lowest BCUT2D eigenvalue weighted by atomic mass is 9.99. The quantitative estimate of drug-likeness (QED) is 0.692. The molecule has 0 bridgehead atoms. The summed E-state index contributed by atoms with van der Waals surface area (Å²) in [6.45, 7) is 5.99. The van der Waals surface area contributed by atoms with Crippen LogP contribution in [0.2, 0.25) is 0 Å². The monoisotopic (exact) mass is 376 g/mol. The number of hydrogen-bond acceptors (Lipinski definition) is 4. The molecule has 2 N–H and O–H groups in total. The van der Waals surface area contributed by atoms with E-state index < -0.39 is 0 Å². The minimum atomic E-state index is -0.365. The van der Waals surface area contributed by atoms with Gasteiger partial charge < -0.3 is 10.3 Å². The van der Waals surface area contributed by atoms with Gasteiger partial charge in [-0.25, -0.2) is 4.98 Å². The van der Waals surface area contributed by atoms with Crippen LogP contribution >= 0.6 is 0 Å². The van der Waals surface area contributed by atoms with Gasteiger partial charge in [-0.3, -0.25) is 14.6 Å². The van der Waals surface area contributed by atoms with E-state index in [1.807, 2.05) is 51.1 Å². The van der Waals surface area contributed by atoms with Crippen molar-refractivity contribution in [3.8, 4) is 11.4 Å². The maximum Gasteiger partial charge on any atom is 0.251 e. The van der Waals surface area contributed by atoms with Crippen LogP contribution in [-0.4, -0.2) is 20.9 Å². The van der Waals surface area contributed by atoms with E-state index in [0.717, 1.165) is 16.7 Å². The molecule has 0 aliphatic carbocycles. The van der Waals surface area contributed by atoms with Gasteiger partial charge in [-0.2, -0.15) is 0 Å². The summed E-state index contributed by atoms with van der Waals surface area (Å²) in [7, 11) is 0. The Kier molecular flexibility index (Phi) is 5.99. The van der Waals surface area contributed by atoms with Crippen LogP contribution in [0.5, 0.6) is 0 Å². The highest BCUT2D eigenvalue weighted by Crippen LogP contribution is 2.21. The Hall–Kier alpha value is -3.28. The van der Waals surface area contributed by atoms with Crippen LogP contribution in [0.25, 0.3) is 11.4 Å². The number of amides is 1. The minimum absolute atomic E-state index is 0.0676. The fourth-order valence-electron chi connectivity index (χ4n) is 2.97. The molecule has 6 nitrogen and oxygen atoms in total. The first kappa shape index (κ1) is 19.5. The molecule has 28 heavy (non-hydrogen) atoms.